The van der Waals surface area contributed by atoms with Gasteiger partial charge in [0.15, 0.2) is 0 Å². The zero-order chi connectivity index (χ0) is 42.7. The average Bonchev–Trinajstić information content (AvgIpc) is 3.92. The summed E-state index contributed by atoms with van der Waals surface area (Å²) < 4.78 is 58.3. The molecule has 0 saturated heterocycles. The Labute approximate surface area is 358 Å². The number of alkyl halides is 4. The van der Waals surface area contributed by atoms with Gasteiger partial charge in [-0.15, -0.1) is 0 Å². The van der Waals surface area contributed by atoms with Crippen LogP contribution in [0.3, 0.4) is 0 Å². The molecule has 0 saturated carbocycles. The van der Waals surface area contributed by atoms with Crippen molar-refractivity contribution in [3.63, 3.8) is 0 Å². The van der Waals surface area contributed by atoms with Crippen molar-refractivity contribution in [2.45, 2.75) is 44.4 Å². The third kappa shape index (κ3) is 13.0. The van der Waals surface area contributed by atoms with Crippen molar-refractivity contribution in [2.75, 3.05) is 13.2 Å². The first-order valence-electron chi connectivity index (χ1n) is 16.6. The van der Waals surface area contributed by atoms with Gasteiger partial charge in [0.05, 0.1) is 31.3 Å². The summed E-state index contributed by atoms with van der Waals surface area (Å²) in [4.78, 5) is 31.7. The van der Waals surface area contributed by atoms with Crippen LogP contribution >= 0.6 is 69.6 Å². The minimum absolute atomic E-state index is 0.0127. The molecule has 0 spiro atoms. The quantitative estimate of drug-likeness (QED) is 0.0914. The van der Waals surface area contributed by atoms with E-state index in [0.717, 1.165) is 5.56 Å². The van der Waals surface area contributed by atoms with Crippen LogP contribution in [-0.2, 0) is 24.9 Å². The number of ether oxygens (including phenoxy) is 1. The van der Waals surface area contributed by atoms with Gasteiger partial charge in [-0.2, -0.15) is 23.4 Å². The van der Waals surface area contributed by atoms with Crippen molar-refractivity contribution in [2.24, 2.45) is 7.05 Å². The van der Waals surface area contributed by atoms with Crippen LogP contribution in [0.15, 0.2) is 84.7 Å². The number of benzene rings is 3. The number of carbonyl (C=O) groups is 1. The molecule has 3 aromatic carbocycles. The highest BCUT2D eigenvalue weighted by molar-refractivity contribution is 6.38. The molecule has 12 nitrogen and oxygen atoms in total. The molecule has 3 unspecified atom stereocenters. The summed E-state index contributed by atoms with van der Waals surface area (Å²) in [5.41, 5.74) is 1.83. The molecule has 310 valence electrons. The van der Waals surface area contributed by atoms with Crippen LogP contribution in [0, 0.1) is 6.92 Å². The lowest BCUT2D eigenvalue weighted by Crippen LogP contribution is -2.29. The molecule has 22 heteroatoms. The highest BCUT2D eigenvalue weighted by atomic mass is 35.5. The Morgan fingerprint density at radius 2 is 1.29 bits per heavy atom. The fourth-order valence-electron chi connectivity index (χ4n) is 5.32. The Bertz CT molecular complexity index is 2330. The first-order valence-corrected chi connectivity index (χ1v) is 18.9. The summed E-state index contributed by atoms with van der Waals surface area (Å²) in [6.07, 6.45) is -2.74. The number of H-pyrrole nitrogens is 1. The van der Waals surface area contributed by atoms with Gasteiger partial charge in [0.25, 0.3) is 11.9 Å². The number of carbonyl (C=O) groups excluding carboxylic acids is 1. The second-order valence-corrected chi connectivity index (χ2v) is 14.8. The molecule has 0 radical (unpaired) electrons. The number of ketones is 1. The number of aromatic amines is 1. The van der Waals surface area contributed by atoms with Gasteiger partial charge in [0, 0.05) is 55.3 Å². The van der Waals surface area contributed by atoms with Crippen LogP contribution in [0.2, 0.25) is 30.1 Å². The van der Waals surface area contributed by atoms with E-state index in [1.54, 1.807) is 49.2 Å². The number of nitrogens with zero attached hydrogens (tertiary/aromatic N) is 7. The largest absolute Gasteiger partial charge is 0.445 e. The molecule has 3 aromatic heterocycles. The molecule has 0 aliphatic heterocycles. The maximum atomic E-state index is 13.0. The monoisotopic (exact) mass is 926 g/mol. The molecule has 0 bridgehead atoms. The van der Waals surface area contributed by atoms with Gasteiger partial charge in [-0.05, 0) is 60.5 Å². The molecule has 6 aromatic rings. The van der Waals surface area contributed by atoms with Crippen LogP contribution in [0.25, 0.3) is 0 Å². The number of hydrogen-bond donors (Lipinski definition) is 2. The van der Waals surface area contributed by atoms with E-state index in [2.05, 4.69) is 30.0 Å². The number of aryl methyl sites for hydroxylation is 2. The molecule has 0 aliphatic carbocycles. The molecule has 0 aliphatic rings. The lowest BCUT2D eigenvalue weighted by molar-refractivity contribution is -0.265. The van der Waals surface area contributed by atoms with Gasteiger partial charge < -0.3 is 9.84 Å². The number of rotatable bonds is 12. The Morgan fingerprint density at radius 1 is 0.810 bits per heavy atom. The van der Waals surface area contributed by atoms with E-state index in [4.69, 9.17) is 69.6 Å². The van der Waals surface area contributed by atoms with Gasteiger partial charge >= 0.3 is 6.18 Å². The van der Waals surface area contributed by atoms with Crippen LogP contribution in [0.1, 0.15) is 44.6 Å². The molecular formula is C36H32Cl6F4N8O4. The van der Waals surface area contributed by atoms with Gasteiger partial charge in [0.2, 0.25) is 5.78 Å². The molecule has 0 amide bonds. The maximum Gasteiger partial charge on any atom is 0.445 e. The predicted molar refractivity (Wildman–Crippen MR) is 213 cm³/mol. The van der Waals surface area contributed by atoms with Crippen molar-refractivity contribution in [3.05, 3.63) is 148 Å². The molecule has 3 atom stereocenters. The van der Waals surface area contributed by atoms with E-state index in [1.807, 2.05) is 6.07 Å². The van der Waals surface area contributed by atoms with Gasteiger partial charge in [0.1, 0.15) is 30.9 Å². The molecule has 3 heterocycles. The van der Waals surface area contributed by atoms with E-state index in [0.29, 0.717) is 37.9 Å². The number of aromatic nitrogens is 8. The van der Waals surface area contributed by atoms with E-state index in [9.17, 15) is 32.3 Å². The predicted octanol–water partition coefficient (Wildman–Crippen LogP) is 9.16. The van der Waals surface area contributed by atoms with Crippen LogP contribution < -0.4 is 5.56 Å². The van der Waals surface area contributed by atoms with Crippen molar-refractivity contribution < 1.29 is 32.2 Å². The molecule has 2 N–H and O–H groups in total. The summed E-state index contributed by atoms with van der Waals surface area (Å²) in [5, 5.41) is 22.5. The summed E-state index contributed by atoms with van der Waals surface area (Å²) in [6, 6.07) is 14.3. The molecule has 6 rings (SSSR count). The SMILES string of the molecule is Cc1[nH]n(C)c(=O)c1C(=O)c1ccc(Cl)cc1Cl.FC(OCC(Cn1cncn1)c1ccc(Cl)cc1Cl)C(F)(F)F.OCC(Cn1cncn1)c1ccc(Cl)cc1Cl. The number of hydrogen-bond acceptors (Lipinski definition) is 8. The summed E-state index contributed by atoms with van der Waals surface area (Å²) in [6.45, 7) is 1.76. The maximum absolute atomic E-state index is 13.0. The van der Waals surface area contributed by atoms with Crippen LogP contribution in [-0.4, -0.2) is 75.9 Å². The first kappa shape index (κ1) is 46.7. The van der Waals surface area contributed by atoms with Crippen molar-refractivity contribution in [3.8, 4) is 0 Å². The van der Waals surface area contributed by atoms with Gasteiger partial charge in [-0.1, -0.05) is 81.7 Å². The summed E-state index contributed by atoms with van der Waals surface area (Å²) in [5.74, 6) is -1.19. The van der Waals surface area contributed by atoms with Crippen molar-refractivity contribution in [1.29, 1.82) is 0 Å². The third-order valence-electron chi connectivity index (χ3n) is 8.11. The second kappa shape index (κ2) is 21.3. The van der Waals surface area contributed by atoms with E-state index in [-0.39, 0.29) is 45.8 Å². The number of aliphatic hydroxyl groups excluding tert-OH is 1. The minimum atomic E-state index is -5.08. The van der Waals surface area contributed by atoms with Crippen LogP contribution in [0.4, 0.5) is 17.6 Å². The van der Waals surface area contributed by atoms with Crippen molar-refractivity contribution in [1.82, 2.24) is 39.3 Å². The standard InChI is InChI=1S/C13H11Cl2F4N3O.C12H10Cl2N2O2.C11H11Cl2N3O/c14-9-1-2-10(11(15)3-9)8(4-22-7-20-6-21-22)5-23-12(16)13(17,18)19;1-6-10(12(18)16(2)15-6)11(17)8-4-3-7(13)5-9(8)14;12-9-1-2-10(11(13)3-9)8(5-17)4-16-7-14-6-15-16/h1-3,6-8,12H,4-5H2;3-5,15H,1-2H3;1-3,6-8,17H,4-5H2. The normalized spacial score (nSPS) is 12.8. The molecular weight excluding hydrogens is 897 g/mol. The minimum Gasteiger partial charge on any atom is -0.396 e. The van der Waals surface area contributed by atoms with E-state index < -0.39 is 30.8 Å². The Balaban J connectivity index is 0.000000195. The lowest BCUT2D eigenvalue weighted by Gasteiger charge is -2.21. The summed E-state index contributed by atoms with van der Waals surface area (Å²) in [7, 11) is 1.55. The van der Waals surface area contributed by atoms with Crippen molar-refractivity contribution >= 4 is 75.4 Å². The Hall–Kier alpha value is -4.00. The topological polar surface area (TPSA) is 146 Å². The zero-order valence-electron chi connectivity index (χ0n) is 30.1. The van der Waals surface area contributed by atoms with Crippen LogP contribution in [0.5, 0.6) is 0 Å². The Kier molecular flexibility index (Phi) is 17.2. The van der Waals surface area contributed by atoms with E-state index >= 15 is 0 Å². The number of nitrogens with one attached hydrogen (secondary N) is 1. The molecule has 0 fully saturated rings. The third-order valence-corrected chi connectivity index (χ3v) is 9.78. The highest BCUT2D eigenvalue weighted by Crippen LogP contribution is 2.32. The average molecular weight is 929 g/mol. The van der Waals surface area contributed by atoms with Gasteiger partial charge in [-0.3, -0.25) is 28.7 Å². The van der Waals surface area contributed by atoms with E-state index in [1.165, 1.54) is 52.6 Å². The number of halogens is 10. The zero-order valence-corrected chi connectivity index (χ0v) is 34.7. The highest BCUT2D eigenvalue weighted by Gasteiger charge is 2.41. The smallest absolute Gasteiger partial charge is 0.396 e. The molecule has 58 heavy (non-hydrogen) atoms. The lowest BCUT2D eigenvalue weighted by atomic mass is 10.00. The Morgan fingerprint density at radius 3 is 1.71 bits per heavy atom. The number of aliphatic hydroxyl groups is 1. The fraction of sp³-hybridized carbons (Fsp3) is 0.278. The van der Waals surface area contributed by atoms with Gasteiger partial charge in [-0.25, -0.2) is 14.4 Å². The first-order chi connectivity index (χ1) is 27.4. The second-order valence-electron chi connectivity index (χ2n) is 12.3. The fourth-order valence-corrected chi connectivity index (χ4v) is 6.94. The summed E-state index contributed by atoms with van der Waals surface area (Å²) >= 11 is 35.5.